The Labute approximate surface area is 243 Å². The molecule has 2 aliphatic rings. The number of carboxylic acids is 1. The summed E-state index contributed by atoms with van der Waals surface area (Å²) in [5.41, 5.74) is 7.01. The van der Waals surface area contributed by atoms with Gasteiger partial charge in [0.25, 0.3) is 0 Å². The number of aromatic carboxylic acids is 1. The Morgan fingerprint density at radius 1 is 1.12 bits per heavy atom. The van der Waals surface area contributed by atoms with E-state index in [9.17, 15) is 18.3 Å². The Bertz CT molecular complexity index is 1700. The number of aryl methyl sites for hydroxylation is 1. The number of carbonyl (C=O) groups is 1. The number of sulfonamides is 1. The lowest BCUT2D eigenvalue weighted by Gasteiger charge is -2.16. The molecular weight excluding hydrogens is 560 g/mol. The molecule has 11 heteroatoms. The molecule has 2 aromatic carbocycles. The van der Waals surface area contributed by atoms with Gasteiger partial charge in [0.2, 0.25) is 10.0 Å². The first-order valence-corrected chi connectivity index (χ1v) is 16.3. The number of hydrogen-bond donors (Lipinski definition) is 2. The fraction of sp³-hybridized carbons (Fsp3) is 0.367. The second kappa shape index (κ2) is 11.0. The molecule has 0 atom stereocenters. The molecule has 0 radical (unpaired) electrons. The van der Waals surface area contributed by atoms with Gasteiger partial charge in [-0.1, -0.05) is 24.3 Å². The maximum absolute atomic E-state index is 12.0. The van der Waals surface area contributed by atoms with Crippen LogP contribution in [-0.4, -0.2) is 40.4 Å². The van der Waals surface area contributed by atoms with Gasteiger partial charge in [0.05, 0.1) is 22.2 Å². The molecular formula is C30H32N4O5S2. The molecule has 0 spiro atoms. The lowest BCUT2D eigenvalue weighted by atomic mass is 9.96. The molecule has 0 amide bonds. The topological polar surface area (TPSA) is 137 Å². The average Bonchev–Trinajstić information content (AvgIpc) is 3.28. The van der Waals surface area contributed by atoms with E-state index in [-0.39, 0.29) is 16.7 Å². The fourth-order valence-corrected chi connectivity index (χ4v) is 6.75. The number of nitrogens with zero attached hydrogens (tertiary/aromatic N) is 3. The van der Waals surface area contributed by atoms with Gasteiger partial charge in [0, 0.05) is 23.2 Å². The molecule has 41 heavy (non-hydrogen) atoms. The summed E-state index contributed by atoms with van der Waals surface area (Å²) >= 11 is 1.25. The van der Waals surface area contributed by atoms with Crippen molar-refractivity contribution in [3.8, 4) is 22.0 Å². The summed E-state index contributed by atoms with van der Waals surface area (Å²) in [6.07, 6.45) is 8.12. The number of nitrogens with two attached hydrogens (primary N) is 1. The molecule has 2 aliphatic carbocycles. The minimum absolute atomic E-state index is 0.0284. The summed E-state index contributed by atoms with van der Waals surface area (Å²) in [7, 11) is -3.81. The first-order chi connectivity index (χ1) is 19.7. The summed E-state index contributed by atoms with van der Waals surface area (Å²) < 4.78 is 31.8. The van der Waals surface area contributed by atoms with E-state index in [0.29, 0.717) is 17.3 Å². The number of carboxylic acid groups (broad SMARTS) is 1. The van der Waals surface area contributed by atoms with E-state index in [1.807, 2.05) is 25.1 Å². The van der Waals surface area contributed by atoms with Crippen LogP contribution in [0.1, 0.15) is 71.4 Å². The third-order valence-corrected chi connectivity index (χ3v) is 9.63. The summed E-state index contributed by atoms with van der Waals surface area (Å²) in [6, 6.07) is 12.7. The van der Waals surface area contributed by atoms with Gasteiger partial charge in [0.15, 0.2) is 10.7 Å². The van der Waals surface area contributed by atoms with E-state index >= 15 is 0 Å². The zero-order valence-corrected chi connectivity index (χ0v) is 24.4. The van der Waals surface area contributed by atoms with Gasteiger partial charge in [-0.05, 0) is 87.1 Å². The third-order valence-electron chi connectivity index (χ3n) is 7.90. The van der Waals surface area contributed by atoms with Gasteiger partial charge in [-0.25, -0.2) is 28.0 Å². The molecule has 0 saturated heterocycles. The van der Waals surface area contributed by atoms with Crippen molar-refractivity contribution in [2.24, 2.45) is 11.1 Å². The second-order valence-corrected chi connectivity index (χ2v) is 13.4. The molecule has 2 aromatic heterocycles. The number of aromatic nitrogens is 3. The van der Waals surface area contributed by atoms with Gasteiger partial charge in [0.1, 0.15) is 5.75 Å². The number of thiazole rings is 1. The van der Waals surface area contributed by atoms with Crippen molar-refractivity contribution in [2.75, 3.05) is 0 Å². The largest absolute Gasteiger partial charge is 0.490 e. The van der Waals surface area contributed by atoms with Crippen LogP contribution in [0.25, 0.3) is 16.3 Å². The standard InChI is InChI=1S/C30H32N4O5S2/c1-18-6-11-21(16-26(18)39-22-4-2-3-5-22)27-24(14-19-9-12-23(13-10-19)41(31,37)38)25(15-20-7-8-20)34(33-27)29-28(30(35)36)32-17-40-29/h6,9-13,16-17,20,22H,2-5,7-8,14-15H2,1H3,(H,35,36)(H2,31,37,38). The number of rotatable bonds is 10. The first-order valence-electron chi connectivity index (χ1n) is 13.8. The molecule has 0 aliphatic heterocycles. The summed E-state index contributed by atoms with van der Waals surface area (Å²) in [5, 5.41) is 20.7. The maximum atomic E-state index is 12.0. The molecule has 214 valence electrons. The molecule has 2 heterocycles. The molecule has 0 bridgehead atoms. The van der Waals surface area contributed by atoms with Gasteiger partial charge in [-0.15, -0.1) is 11.3 Å². The zero-order valence-electron chi connectivity index (χ0n) is 22.7. The van der Waals surface area contributed by atoms with Crippen molar-refractivity contribution in [2.45, 2.75) is 69.3 Å². The van der Waals surface area contributed by atoms with Crippen molar-refractivity contribution >= 4 is 27.3 Å². The molecule has 2 fully saturated rings. The highest BCUT2D eigenvalue weighted by Gasteiger charge is 2.30. The monoisotopic (exact) mass is 592 g/mol. The van der Waals surface area contributed by atoms with E-state index in [1.165, 1.54) is 41.8 Å². The van der Waals surface area contributed by atoms with Crippen molar-refractivity contribution in [3.63, 3.8) is 0 Å². The van der Waals surface area contributed by atoms with Crippen LogP contribution in [0.15, 0.2) is 52.9 Å². The van der Waals surface area contributed by atoms with Crippen LogP contribution >= 0.6 is 11.3 Å². The summed E-state index contributed by atoms with van der Waals surface area (Å²) in [4.78, 5) is 16.2. The second-order valence-electron chi connectivity index (χ2n) is 11.0. The highest BCUT2D eigenvalue weighted by Crippen LogP contribution is 2.40. The van der Waals surface area contributed by atoms with Crippen molar-refractivity contribution in [3.05, 3.63) is 76.1 Å². The summed E-state index contributed by atoms with van der Waals surface area (Å²) in [5.74, 6) is 0.237. The van der Waals surface area contributed by atoms with E-state index in [1.54, 1.807) is 16.8 Å². The van der Waals surface area contributed by atoms with Crippen molar-refractivity contribution < 1.29 is 23.1 Å². The highest BCUT2D eigenvalue weighted by molar-refractivity contribution is 7.89. The lowest BCUT2D eigenvalue weighted by Crippen LogP contribution is -2.12. The SMILES string of the molecule is Cc1ccc(-c2nn(-c3scnc3C(=O)O)c(CC3CC3)c2Cc2ccc(S(N)(=O)=O)cc2)cc1OC1CCCC1. The van der Waals surface area contributed by atoms with Gasteiger partial charge in [-0.2, -0.15) is 5.10 Å². The number of hydrogen-bond acceptors (Lipinski definition) is 7. The number of benzene rings is 2. The van der Waals surface area contributed by atoms with Crippen LogP contribution in [0.4, 0.5) is 0 Å². The van der Waals surface area contributed by atoms with Crippen molar-refractivity contribution in [1.29, 1.82) is 0 Å². The van der Waals surface area contributed by atoms with Crippen LogP contribution in [0.3, 0.4) is 0 Å². The lowest BCUT2D eigenvalue weighted by molar-refractivity contribution is 0.0691. The van der Waals surface area contributed by atoms with Crippen molar-refractivity contribution in [1.82, 2.24) is 14.8 Å². The molecule has 2 saturated carbocycles. The van der Waals surface area contributed by atoms with Crippen LogP contribution < -0.4 is 9.88 Å². The quantitative estimate of drug-likeness (QED) is 0.248. The molecule has 4 aromatic rings. The van der Waals surface area contributed by atoms with Gasteiger partial charge >= 0.3 is 5.97 Å². The number of ether oxygens (including phenoxy) is 1. The summed E-state index contributed by atoms with van der Waals surface area (Å²) in [6.45, 7) is 2.04. The molecule has 9 nitrogen and oxygen atoms in total. The zero-order chi connectivity index (χ0) is 28.7. The Morgan fingerprint density at radius 2 is 1.85 bits per heavy atom. The van der Waals surface area contributed by atoms with E-state index in [2.05, 4.69) is 4.98 Å². The predicted molar refractivity (Wildman–Crippen MR) is 156 cm³/mol. The minimum Gasteiger partial charge on any atom is -0.490 e. The highest BCUT2D eigenvalue weighted by atomic mass is 32.2. The molecule has 0 unspecified atom stereocenters. The Balaban J connectivity index is 1.49. The van der Waals surface area contributed by atoms with Crippen LogP contribution in [0.5, 0.6) is 5.75 Å². The molecule has 6 rings (SSSR count). The normalized spacial score (nSPS) is 15.9. The predicted octanol–water partition coefficient (Wildman–Crippen LogP) is 5.51. The minimum atomic E-state index is -3.81. The maximum Gasteiger partial charge on any atom is 0.357 e. The van der Waals surface area contributed by atoms with Crippen LogP contribution in [-0.2, 0) is 22.9 Å². The van der Waals surface area contributed by atoms with Crippen LogP contribution in [0.2, 0.25) is 0 Å². The van der Waals surface area contributed by atoms with E-state index in [0.717, 1.165) is 71.5 Å². The first kappa shape index (κ1) is 27.6. The Hall–Kier alpha value is -3.54. The number of primary sulfonamides is 1. The van der Waals surface area contributed by atoms with E-state index in [4.69, 9.17) is 15.0 Å². The van der Waals surface area contributed by atoms with Gasteiger partial charge < -0.3 is 9.84 Å². The third kappa shape index (κ3) is 5.93. The molecule has 3 N–H and O–H groups in total. The Kier molecular flexibility index (Phi) is 7.43. The van der Waals surface area contributed by atoms with Crippen LogP contribution in [0, 0.1) is 12.8 Å². The van der Waals surface area contributed by atoms with E-state index < -0.39 is 16.0 Å². The smallest absolute Gasteiger partial charge is 0.357 e. The Morgan fingerprint density at radius 3 is 2.51 bits per heavy atom. The van der Waals surface area contributed by atoms with Gasteiger partial charge in [-0.3, -0.25) is 0 Å². The average molecular weight is 593 g/mol. The fourth-order valence-electron chi connectivity index (χ4n) is 5.47.